The second kappa shape index (κ2) is 11.3. The minimum absolute atomic E-state index is 0.0728. The number of cyclic esters (lactones) is 1. The van der Waals surface area contributed by atoms with Gasteiger partial charge in [-0.2, -0.15) is 31.7 Å². The van der Waals surface area contributed by atoms with Crippen LogP contribution in [-0.4, -0.2) is 71.8 Å². The summed E-state index contributed by atoms with van der Waals surface area (Å²) in [5.74, 6) is -0.145. The van der Waals surface area contributed by atoms with Crippen molar-refractivity contribution < 1.29 is 31.1 Å². The molecule has 42 heavy (non-hydrogen) atoms. The Morgan fingerprint density at radius 1 is 1.29 bits per heavy atom. The molecule has 0 saturated carbocycles. The van der Waals surface area contributed by atoms with Crippen LogP contribution in [-0.2, 0) is 14.9 Å². The van der Waals surface area contributed by atoms with E-state index in [4.69, 9.17) is 21.3 Å². The van der Waals surface area contributed by atoms with E-state index in [0.29, 0.717) is 32.4 Å². The van der Waals surface area contributed by atoms with Crippen LogP contribution in [0.5, 0.6) is 0 Å². The molecule has 2 saturated heterocycles. The summed E-state index contributed by atoms with van der Waals surface area (Å²) < 4.78 is 77.3. The van der Waals surface area contributed by atoms with E-state index in [9.17, 15) is 26.4 Å². The minimum atomic E-state index is -4.05. The molecule has 3 aliphatic heterocycles. The van der Waals surface area contributed by atoms with Gasteiger partial charge < -0.3 is 15.0 Å². The summed E-state index contributed by atoms with van der Waals surface area (Å²) in [6, 6.07) is 3.67. The number of hydrogen-bond acceptors (Lipinski definition) is 9. The van der Waals surface area contributed by atoms with E-state index >= 15 is 0 Å². The van der Waals surface area contributed by atoms with Crippen LogP contribution in [0.2, 0.25) is 5.02 Å². The fraction of sp³-hybridized carbons (Fsp3) is 0.333. The van der Waals surface area contributed by atoms with Crippen molar-refractivity contribution in [1.29, 1.82) is 0 Å². The van der Waals surface area contributed by atoms with Crippen molar-refractivity contribution in [1.82, 2.24) is 34.4 Å². The number of aliphatic imine (C=N–C) groups is 1. The van der Waals surface area contributed by atoms with Crippen molar-refractivity contribution in [2.24, 2.45) is 4.99 Å². The number of thiazole rings is 1. The van der Waals surface area contributed by atoms with Crippen LogP contribution in [0.25, 0.3) is 5.57 Å². The third-order valence-electron chi connectivity index (χ3n) is 6.80. The van der Waals surface area contributed by atoms with Crippen LogP contribution in [0.3, 0.4) is 0 Å². The molecule has 0 unspecified atom stereocenters. The highest BCUT2D eigenvalue weighted by atomic mass is 35.5. The number of carbonyl (C=O) groups is 1. The third kappa shape index (κ3) is 5.74. The number of carbonyl (C=O) groups excluding carboxylic acids is 1. The van der Waals surface area contributed by atoms with E-state index in [0.717, 1.165) is 12.3 Å². The lowest BCUT2D eigenvalue weighted by Gasteiger charge is -2.32. The number of nitrogens with one attached hydrogen (secondary N) is 3. The average molecular weight is 643 g/mol. The maximum absolute atomic E-state index is 14.0. The van der Waals surface area contributed by atoms with Gasteiger partial charge in [0.2, 0.25) is 0 Å². The van der Waals surface area contributed by atoms with Gasteiger partial charge in [0, 0.05) is 58.6 Å². The quantitative estimate of drug-likeness (QED) is 0.326. The van der Waals surface area contributed by atoms with E-state index in [1.807, 2.05) is 0 Å². The number of alkyl halides is 2. The Morgan fingerprint density at radius 3 is 2.79 bits per heavy atom. The summed E-state index contributed by atoms with van der Waals surface area (Å²) in [6.45, 7) is -2.73. The molecule has 6 rings (SSSR count). The molecular formula is C24H22ClF3N8O4S2. The second-order valence-corrected chi connectivity index (χ2v) is 12.4. The lowest BCUT2D eigenvalue weighted by molar-refractivity contribution is 0.0564. The first kappa shape index (κ1) is 28.6. The van der Waals surface area contributed by atoms with E-state index in [1.165, 1.54) is 29.5 Å². The Hall–Kier alpha value is -3.51. The Kier molecular flexibility index (Phi) is 7.69. The van der Waals surface area contributed by atoms with Gasteiger partial charge in [0.05, 0.1) is 18.8 Å². The first-order valence-electron chi connectivity index (χ1n) is 12.6. The molecule has 3 aliphatic rings. The average Bonchev–Trinajstić information content (AvgIpc) is 3.74. The van der Waals surface area contributed by atoms with Crippen LogP contribution in [0.15, 0.2) is 52.7 Å². The predicted octanol–water partition coefficient (Wildman–Crippen LogP) is 3.05. The molecule has 1 amide bonds. The predicted molar refractivity (Wildman–Crippen MR) is 147 cm³/mol. The van der Waals surface area contributed by atoms with Gasteiger partial charge in [-0.25, -0.2) is 18.9 Å². The molecule has 3 aromatic rings. The second-order valence-electron chi connectivity index (χ2n) is 9.57. The van der Waals surface area contributed by atoms with Gasteiger partial charge in [0.15, 0.2) is 10.8 Å². The molecule has 3 atom stereocenters. The molecular weight excluding hydrogens is 621 g/mol. The fourth-order valence-electron chi connectivity index (χ4n) is 5.04. The van der Waals surface area contributed by atoms with Crippen molar-refractivity contribution in [2.75, 3.05) is 19.6 Å². The summed E-state index contributed by atoms with van der Waals surface area (Å²) in [7, 11) is -4.05. The van der Waals surface area contributed by atoms with E-state index in [-0.39, 0.29) is 36.8 Å². The summed E-state index contributed by atoms with van der Waals surface area (Å²) in [6.07, 6.45) is 1.57. The van der Waals surface area contributed by atoms with Gasteiger partial charge in [-0.05, 0) is 18.2 Å². The largest absolute Gasteiger partial charge is 0.443 e. The maximum Gasteiger partial charge on any atom is 0.407 e. The molecule has 1 aromatic carbocycles. The fourth-order valence-corrected chi connectivity index (χ4v) is 7.04. The number of amidine groups is 1. The Morgan fingerprint density at radius 2 is 2.12 bits per heavy atom. The SMILES string of the molecule is O=C1NC[C@H](CNS(=O)(=O)N[C@H]2CC3=C(c4ccn(C(F)F)n4)[C@H](c4ccc(F)cc4Cl)N=C(c4nccs4)N3C2)O1. The smallest absolute Gasteiger partial charge is 0.407 e. The molecule has 2 fully saturated rings. The molecule has 12 nitrogen and oxygen atoms in total. The maximum atomic E-state index is 14.0. The molecule has 0 aliphatic carbocycles. The summed E-state index contributed by atoms with van der Waals surface area (Å²) in [5, 5.41) is 8.88. The monoisotopic (exact) mass is 642 g/mol. The van der Waals surface area contributed by atoms with Crippen molar-refractivity contribution in [3.05, 3.63) is 74.8 Å². The van der Waals surface area contributed by atoms with Gasteiger partial charge in [-0.3, -0.25) is 4.99 Å². The number of nitrogens with zero attached hydrogens (tertiary/aromatic N) is 5. The van der Waals surface area contributed by atoms with E-state index < -0.39 is 46.9 Å². The van der Waals surface area contributed by atoms with Crippen LogP contribution in [0, 0.1) is 5.82 Å². The minimum Gasteiger partial charge on any atom is -0.443 e. The van der Waals surface area contributed by atoms with Gasteiger partial charge in [0.25, 0.3) is 10.2 Å². The van der Waals surface area contributed by atoms with Gasteiger partial charge >= 0.3 is 12.6 Å². The zero-order valence-electron chi connectivity index (χ0n) is 21.4. The molecule has 2 aromatic heterocycles. The van der Waals surface area contributed by atoms with Gasteiger partial charge in [-0.15, -0.1) is 11.3 Å². The normalized spacial score (nSPS) is 22.4. The lowest BCUT2D eigenvalue weighted by Crippen LogP contribution is -2.46. The molecule has 5 heterocycles. The number of hydrogen-bond donors (Lipinski definition) is 3. The number of benzene rings is 1. The Balaban J connectivity index is 1.39. The van der Waals surface area contributed by atoms with Crippen LogP contribution < -0.4 is 14.8 Å². The summed E-state index contributed by atoms with van der Waals surface area (Å²) in [5.41, 5.74) is 1.58. The zero-order chi connectivity index (χ0) is 29.6. The molecule has 222 valence electrons. The van der Waals surface area contributed by atoms with Crippen LogP contribution in [0.1, 0.15) is 35.3 Å². The third-order valence-corrected chi connectivity index (χ3v) is 9.08. The Labute approximate surface area is 246 Å². The Bertz CT molecular complexity index is 1680. The number of halogens is 4. The van der Waals surface area contributed by atoms with Gasteiger partial charge in [-0.1, -0.05) is 17.7 Å². The molecule has 0 spiro atoms. The first-order valence-corrected chi connectivity index (χ1v) is 15.3. The topological polar surface area (TPSA) is 143 Å². The van der Waals surface area contributed by atoms with Crippen molar-refractivity contribution in [3.63, 3.8) is 0 Å². The van der Waals surface area contributed by atoms with Crippen molar-refractivity contribution >= 4 is 50.6 Å². The van der Waals surface area contributed by atoms with E-state index in [2.05, 4.69) is 24.8 Å². The number of ether oxygens (including phenoxy) is 1. The number of amides is 1. The zero-order valence-corrected chi connectivity index (χ0v) is 23.8. The highest BCUT2D eigenvalue weighted by Gasteiger charge is 2.42. The summed E-state index contributed by atoms with van der Waals surface area (Å²) >= 11 is 7.77. The number of aromatic nitrogens is 3. The highest BCUT2D eigenvalue weighted by Crippen LogP contribution is 2.46. The van der Waals surface area contributed by atoms with Crippen molar-refractivity contribution in [2.45, 2.75) is 31.2 Å². The van der Waals surface area contributed by atoms with Crippen LogP contribution >= 0.6 is 22.9 Å². The van der Waals surface area contributed by atoms with Crippen molar-refractivity contribution in [3.8, 4) is 0 Å². The molecule has 0 bridgehead atoms. The molecule has 18 heteroatoms. The lowest BCUT2D eigenvalue weighted by atomic mass is 9.92. The molecule has 3 N–H and O–H groups in total. The van der Waals surface area contributed by atoms with E-state index in [1.54, 1.807) is 16.5 Å². The number of fused-ring (bicyclic) bond motifs is 1. The number of rotatable bonds is 9. The highest BCUT2D eigenvalue weighted by molar-refractivity contribution is 7.87. The van der Waals surface area contributed by atoms with Gasteiger partial charge in [0.1, 0.15) is 18.0 Å². The van der Waals surface area contributed by atoms with Crippen LogP contribution in [0.4, 0.5) is 18.0 Å². The first-order chi connectivity index (χ1) is 20.1. The number of alkyl carbamates (subject to hydrolysis) is 1. The molecule has 0 radical (unpaired) electrons. The summed E-state index contributed by atoms with van der Waals surface area (Å²) in [4.78, 5) is 22.3. The standard InChI is InChI=1S/C24H22ClF3N8O4S2/c25-16-7-12(26)1-2-15(16)20-19(17-3-5-36(33-17)23(27)28)18-8-13(11-35(18)21(32-20)22-29-4-6-41-22)34-42(38,39)31-10-14-9-30-24(37)40-14/h1-7,13-14,20,23,31,34H,8-11H2,(H,30,37)/t13-,14+,20-/m0/s1.